The molecule has 0 saturated heterocycles. The summed E-state index contributed by atoms with van der Waals surface area (Å²) in [7, 11) is 1.96. The van der Waals surface area contributed by atoms with Crippen molar-refractivity contribution in [3.8, 4) is 0 Å². The molecule has 4 heteroatoms. The fourth-order valence-electron chi connectivity index (χ4n) is 1.76. The minimum absolute atomic E-state index is 0.370. The molecule has 0 amide bonds. The van der Waals surface area contributed by atoms with Crippen molar-refractivity contribution in [2.45, 2.75) is 25.8 Å². The maximum atomic E-state index is 13.5. The highest BCUT2D eigenvalue weighted by atomic mass is 19.1. The van der Waals surface area contributed by atoms with Crippen LogP contribution < -0.4 is 5.73 Å². The number of nitrogens with two attached hydrogens (primary N) is 1. The van der Waals surface area contributed by atoms with E-state index in [0.717, 1.165) is 25.5 Å². The van der Waals surface area contributed by atoms with E-state index < -0.39 is 17.7 Å². The zero-order chi connectivity index (χ0) is 12.8. The average molecular weight is 242 g/mol. The number of halogens is 2. The van der Waals surface area contributed by atoms with Gasteiger partial charge in [-0.25, -0.2) is 8.78 Å². The molecule has 1 rings (SSSR count). The number of nitrogens with zero attached hydrogens (tertiary/aromatic N) is 1. The first-order valence-electron chi connectivity index (χ1n) is 5.93. The van der Waals surface area contributed by atoms with Crippen LogP contribution in [0.25, 0.3) is 0 Å². The second-order valence-corrected chi connectivity index (χ2v) is 4.39. The Labute approximate surface area is 101 Å². The van der Waals surface area contributed by atoms with E-state index in [0.29, 0.717) is 12.1 Å². The minimum Gasteiger partial charge on any atom is -0.323 e. The second-order valence-electron chi connectivity index (χ2n) is 4.39. The molecule has 17 heavy (non-hydrogen) atoms. The normalized spacial score (nSPS) is 13.1. The van der Waals surface area contributed by atoms with Crippen LogP contribution in [0.3, 0.4) is 0 Å². The SMILES string of the molecule is CCCCN(C)CC(N)c1ccc(F)cc1F. The molecule has 0 aliphatic rings. The lowest BCUT2D eigenvalue weighted by Gasteiger charge is -2.21. The Morgan fingerprint density at radius 3 is 2.65 bits per heavy atom. The Hall–Kier alpha value is -1.00. The molecule has 0 saturated carbocycles. The van der Waals surface area contributed by atoms with E-state index in [4.69, 9.17) is 5.73 Å². The molecule has 0 heterocycles. The monoisotopic (exact) mass is 242 g/mol. The van der Waals surface area contributed by atoms with Gasteiger partial charge < -0.3 is 10.6 Å². The van der Waals surface area contributed by atoms with Gasteiger partial charge in [0.1, 0.15) is 11.6 Å². The third kappa shape index (κ3) is 4.40. The molecule has 0 radical (unpaired) electrons. The first-order chi connectivity index (χ1) is 8.04. The average Bonchev–Trinajstić information content (AvgIpc) is 2.26. The van der Waals surface area contributed by atoms with Crippen molar-refractivity contribution in [2.24, 2.45) is 5.73 Å². The first-order valence-corrected chi connectivity index (χ1v) is 5.93. The molecule has 0 fully saturated rings. The van der Waals surface area contributed by atoms with Crippen molar-refractivity contribution < 1.29 is 8.78 Å². The van der Waals surface area contributed by atoms with Crippen molar-refractivity contribution in [1.29, 1.82) is 0 Å². The van der Waals surface area contributed by atoms with E-state index >= 15 is 0 Å². The molecule has 0 aliphatic heterocycles. The minimum atomic E-state index is -0.571. The summed E-state index contributed by atoms with van der Waals surface area (Å²) in [5, 5.41) is 0. The summed E-state index contributed by atoms with van der Waals surface area (Å²) in [6.07, 6.45) is 2.21. The zero-order valence-corrected chi connectivity index (χ0v) is 10.4. The van der Waals surface area contributed by atoms with Crippen LogP contribution >= 0.6 is 0 Å². The maximum Gasteiger partial charge on any atom is 0.130 e. The fourth-order valence-corrected chi connectivity index (χ4v) is 1.76. The van der Waals surface area contributed by atoms with Crippen LogP contribution in [0.2, 0.25) is 0 Å². The summed E-state index contributed by atoms with van der Waals surface area (Å²) >= 11 is 0. The van der Waals surface area contributed by atoms with Gasteiger partial charge in [0.15, 0.2) is 0 Å². The summed E-state index contributed by atoms with van der Waals surface area (Å²) < 4.78 is 26.2. The Morgan fingerprint density at radius 2 is 2.06 bits per heavy atom. The third-order valence-corrected chi connectivity index (χ3v) is 2.76. The van der Waals surface area contributed by atoms with Crippen molar-refractivity contribution in [1.82, 2.24) is 4.90 Å². The van der Waals surface area contributed by atoms with Crippen molar-refractivity contribution in [3.05, 3.63) is 35.4 Å². The van der Waals surface area contributed by atoms with E-state index in [1.165, 1.54) is 12.1 Å². The smallest absolute Gasteiger partial charge is 0.130 e. The van der Waals surface area contributed by atoms with Gasteiger partial charge in [-0.3, -0.25) is 0 Å². The quantitative estimate of drug-likeness (QED) is 0.831. The molecule has 0 spiro atoms. The molecular weight excluding hydrogens is 222 g/mol. The van der Waals surface area contributed by atoms with E-state index in [1.54, 1.807) is 0 Å². The lowest BCUT2D eigenvalue weighted by molar-refractivity contribution is 0.305. The summed E-state index contributed by atoms with van der Waals surface area (Å²) in [6.45, 7) is 3.63. The van der Waals surface area contributed by atoms with Gasteiger partial charge in [-0.1, -0.05) is 19.4 Å². The molecule has 1 aromatic carbocycles. The van der Waals surface area contributed by atoms with Gasteiger partial charge in [0, 0.05) is 24.2 Å². The lowest BCUT2D eigenvalue weighted by Crippen LogP contribution is -2.30. The molecule has 1 unspecified atom stereocenters. The summed E-state index contributed by atoms with van der Waals surface area (Å²) in [5.74, 6) is -1.14. The maximum absolute atomic E-state index is 13.5. The standard InChI is InChI=1S/C13H20F2N2/c1-3-4-7-17(2)9-13(16)11-6-5-10(14)8-12(11)15/h5-6,8,13H,3-4,7,9,16H2,1-2H3. The van der Waals surface area contributed by atoms with E-state index in [-0.39, 0.29) is 0 Å². The Morgan fingerprint density at radius 1 is 1.35 bits per heavy atom. The summed E-state index contributed by atoms with van der Waals surface area (Å²) in [5.41, 5.74) is 6.28. The molecular formula is C13H20F2N2. The van der Waals surface area contributed by atoms with Crippen molar-refractivity contribution >= 4 is 0 Å². The number of rotatable bonds is 6. The van der Waals surface area contributed by atoms with Crippen molar-refractivity contribution in [2.75, 3.05) is 20.1 Å². The van der Waals surface area contributed by atoms with Gasteiger partial charge in [-0.15, -0.1) is 0 Å². The fraction of sp³-hybridized carbons (Fsp3) is 0.538. The number of likely N-dealkylation sites (N-methyl/N-ethyl adjacent to an activating group) is 1. The number of hydrogen-bond acceptors (Lipinski definition) is 2. The van der Waals surface area contributed by atoms with Crippen LogP contribution in [0, 0.1) is 11.6 Å². The molecule has 0 bridgehead atoms. The van der Waals surface area contributed by atoms with E-state index in [2.05, 4.69) is 11.8 Å². The van der Waals surface area contributed by atoms with Crippen LogP contribution in [0.1, 0.15) is 31.4 Å². The Kier molecular flexibility index (Phi) is 5.51. The molecule has 0 aromatic heterocycles. The predicted octanol–water partition coefficient (Wildman–Crippen LogP) is 2.70. The summed E-state index contributed by atoms with van der Waals surface area (Å²) in [6, 6.07) is 3.12. The summed E-state index contributed by atoms with van der Waals surface area (Å²) in [4.78, 5) is 2.07. The van der Waals surface area contributed by atoms with E-state index in [9.17, 15) is 8.78 Å². The predicted molar refractivity (Wildman–Crippen MR) is 65.7 cm³/mol. The van der Waals surface area contributed by atoms with Gasteiger partial charge in [0.2, 0.25) is 0 Å². The van der Waals surface area contributed by atoms with Crippen LogP contribution in [0.5, 0.6) is 0 Å². The lowest BCUT2D eigenvalue weighted by atomic mass is 10.1. The van der Waals surface area contributed by atoms with Gasteiger partial charge in [-0.2, -0.15) is 0 Å². The zero-order valence-electron chi connectivity index (χ0n) is 10.4. The molecule has 0 aliphatic carbocycles. The van der Waals surface area contributed by atoms with E-state index in [1.807, 2.05) is 7.05 Å². The van der Waals surface area contributed by atoms with Gasteiger partial charge >= 0.3 is 0 Å². The number of hydrogen-bond donors (Lipinski definition) is 1. The Balaban J connectivity index is 2.60. The number of benzene rings is 1. The number of unbranched alkanes of at least 4 members (excludes halogenated alkanes) is 1. The molecule has 2 N–H and O–H groups in total. The molecule has 1 atom stereocenters. The highest BCUT2D eigenvalue weighted by molar-refractivity contribution is 5.22. The topological polar surface area (TPSA) is 29.3 Å². The highest BCUT2D eigenvalue weighted by Gasteiger charge is 2.13. The van der Waals surface area contributed by atoms with Crippen LogP contribution in [0.4, 0.5) is 8.78 Å². The van der Waals surface area contributed by atoms with Crippen molar-refractivity contribution in [3.63, 3.8) is 0 Å². The third-order valence-electron chi connectivity index (χ3n) is 2.76. The molecule has 1 aromatic rings. The Bertz CT molecular complexity index is 355. The highest BCUT2D eigenvalue weighted by Crippen LogP contribution is 2.17. The largest absolute Gasteiger partial charge is 0.323 e. The van der Waals surface area contributed by atoms with Gasteiger partial charge in [0.05, 0.1) is 0 Å². The second kappa shape index (κ2) is 6.67. The molecule has 96 valence electrons. The molecule has 2 nitrogen and oxygen atoms in total. The van der Waals surface area contributed by atoms with Crippen LogP contribution in [-0.2, 0) is 0 Å². The van der Waals surface area contributed by atoms with Gasteiger partial charge in [-0.05, 0) is 26.1 Å². The first kappa shape index (κ1) is 14.1. The van der Waals surface area contributed by atoms with Gasteiger partial charge in [0.25, 0.3) is 0 Å². The van der Waals surface area contributed by atoms with Crippen LogP contribution in [0.15, 0.2) is 18.2 Å². The van der Waals surface area contributed by atoms with Crippen LogP contribution in [-0.4, -0.2) is 25.0 Å².